The highest BCUT2D eigenvalue weighted by Gasteiger charge is 2.40. The van der Waals surface area contributed by atoms with Crippen LogP contribution in [-0.4, -0.2) is 4.98 Å². The number of rotatable bonds is 2. The second-order valence-corrected chi connectivity index (χ2v) is 3.38. The van der Waals surface area contributed by atoms with Crippen molar-refractivity contribution in [2.45, 2.75) is 19.0 Å². The quantitative estimate of drug-likeness (QED) is 0.767. The molecule has 0 aliphatic carbocycles. The fraction of sp³-hybridized carbons (Fsp3) is 0.333. The van der Waals surface area contributed by atoms with Crippen LogP contribution in [-0.2, 0) is 12.6 Å². The van der Waals surface area contributed by atoms with E-state index >= 15 is 0 Å². The van der Waals surface area contributed by atoms with Gasteiger partial charge in [-0.2, -0.15) is 18.4 Å². The number of pyridine rings is 1. The zero-order valence-electron chi connectivity index (χ0n) is 8.02. The zero-order valence-corrected chi connectivity index (χ0v) is 8.78. The van der Waals surface area contributed by atoms with E-state index < -0.39 is 40.9 Å². The van der Waals surface area contributed by atoms with Crippen molar-refractivity contribution in [3.63, 3.8) is 0 Å². The van der Waals surface area contributed by atoms with Crippen molar-refractivity contribution in [2.24, 2.45) is 0 Å². The number of nitriles is 1. The lowest BCUT2D eigenvalue weighted by atomic mass is 10.0. The Morgan fingerprint density at radius 1 is 1.41 bits per heavy atom. The van der Waals surface area contributed by atoms with Crippen molar-refractivity contribution in [2.75, 3.05) is 0 Å². The van der Waals surface area contributed by atoms with Crippen LogP contribution in [0.25, 0.3) is 0 Å². The van der Waals surface area contributed by atoms with Gasteiger partial charge < -0.3 is 0 Å². The molecule has 0 amide bonds. The molecule has 0 aliphatic rings. The average Bonchev–Trinajstić information content (AvgIpc) is 2.18. The SMILES string of the molecule is N#CCc1ncc(Cl)c(C(F)(F)F)c1C(F)F. The predicted octanol–water partition coefficient (Wildman–Crippen LogP) is 3.76. The summed E-state index contributed by atoms with van der Waals surface area (Å²) in [6, 6.07) is 1.47. The molecule has 0 spiro atoms. The monoisotopic (exact) mass is 270 g/mol. The lowest BCUT2D eigenvalue weighted by Gasteiger charge is -2.15. The largest absolute Gasteiger partial charge is 0.418 e. The van der Waals surface area contributed by atoms with E-state index in [1.165, 1.54) is 6.07 Å². The molecule has 2 nitrogen and oxygen atoms in total. The second-order valence-electron chi connectivity index (χ2n) is 2.97. The van der Waals surface area contributed by atoms with Crippen molar-refractivity contribution in [3.8, 4) is 6.07 Å². The van der Waals surface area contributed by atoms with Crippen molar-refractivity contribution < 1.29 is 22.0 Å². The molecule has 0 unspecified atom stereocenters. The summed E-state index contributed by atoms with van der Waals surface area (Å²) >= 11 is 5.23. The van der Waals surface area contributed by atoms with E-state index in [1.54, 1.807) is 0 Å². The molecule has 0 aromatic carbocycles. The average molecular weight is 271 g/mol. The first kappa shape index (κ1) is 13.6. The number of aromatic nitrogens is 1. The lowest BCUT2D eigenvalue weighted by Crippen LogP contribution is -2.14. The molecule has 1 rings (SSSR count). The Labute approximate surface area is 97.6 Å². The van der Waals surface area contributed by atoms with Crippen LogP contribution in [0.2, 0.25) is 5.02 Å². The van der Waals surface area contributed by atoms with E-state index in [0.717, 1.165) is 0 Å². The van der Waals surface area contributed by atoms with Gasteiger partial charge in [-0.05, 0) is 0 Å². The van der Waals surface area contributed by atoms with Gasteiger partial charge in [-0.25, -0.2) is 8.78 Å². The third kappa shape index (κ3) is 2.82. The summed E-state index contributed by atoms with van der Waals surface area (Å²) in [6.07, 6.45) is -8.44. The van der Waals surface area contributed by atoms with Gasteiger partial charge in [0, 0.05) is 6.20 Å². The zero-order chi connectivity index (χ0) is 13.2. The maximum atomic E-state index is 12.6. The van der Waals surface area contributed by atoms with E-state index in [-0.39, 0.29) is 0 Å². The van der Waals surface area contributed by atoms with Crippen LogP contribution in [0, 0.1) is 11.3 Å². The molecule has 0 atom stereocenters. The molecule has 0 saturated carbocycles. The van der Waals surface area contributed by atoms with Crippen LogP contribution in [0.3, 0.4) is 0 Å². The molecule has 0 fully saturated rings. The Balaban J connectivity index is 3.56. The Morgan fingerprint density at radius 2 is 2.00 bits per heavy atom. The predicted molar refractivity (Wildman–Crippen MR) is 48.5 cm³/mol. The molecular formula is C9H4ClF5N2. The summed E-state index contributed by atoms with van der Waals surface area (Å²) in [5.41, 5.74) is -3.57. The van der Waals surface area contributed by atoms with Gasteiger partial charge in [-0.1, -0.05) is 11.6 Å². The molecule has 0 saturated heterocycles. The summed E-state index contributed by atoms with van der Waals surface area (Å²) in [6.45, 7) is 0. The molecular weight excluding hydrogens is 267 g/mol. The van der Waals surface area contributed by atoms with Crippen LogP contribution in [0.15, 0.2) is 6.20 Å². The van der Waals surface area contributed by atoms with Gasteiger partial charge in [0.25, 0.3) is 6.43 Å². The fourth-order valence-corrected chi connectivity index (χ4v) is 1.54. The summed E-state index contributed by atoms with van der Waals surface area (Å²) < 4.78 is 62.9. The number of alkyl halides is 5. The normalized spacial score (nSPS) is 11.6. The van der Waals surface area contributed by atoms with Crippen molar-refractivity contribution >= 4 is 11.6 Å². The minimum absolute atomic E-state index is 0.612. The smallest absolute Gasteiger partial charge is 0.258 e. The molecule has 1 aromatic heterocycles. The molecule has 8 heteroatoms. The summed E-state index contributed by atoms with van der Waals surface area (Å²) in [4.78, 5) is 3.33. The third-order valence-corrected chi connectivity index (χ3v) is 2.19. The Hall–Kier alpha value is -1.42. The van der Waals surface area contributed by atoms with E-state index in [2.05, 4.69) is 4.98 Å². The first-order valence-electron chi connectivity index (χ1n) is 4.18. The number of halogens is 6. The van der Waals surface area contributed by atoms with Crippen LogP contribution in [0.1, 0.15) is 23.2 Å². The maximum absolute atomic E-state index is 12.6. The van der Waals surface area contributed by atoms with Gasteiger partial charge in [0.1, 0.15) is 0 Å². The fourth-order valence-electron chi connectivity index (χ4n) is 1.28. The van der Waals surface area contributed by atoms with Gasteiger partial charge in [0.05, 0.1) is 34.3 Å². The summed E-state index contributed by atoms with van der Waals surface area (Å²) in [5, 5.41) is 7.43. The minimum Gasteiger partial charge on any atom is -0.258 e. The number of hydrogen-bond acceptors (Lipinski definition) is 2. The van der Waals surface area contributed by atoms with Gasteiger partial charge in [-0.3, -0.25) is 4.98 Å². The standard InChI is InChI=1S/C9H4ClF5N2/c10-4-3-17-5(1-2-16)6(8(11)12)7(4)9(13,14)15/h3,8H,1H2. The van der Waals surface area contributed by atoms with Gasteiger partial charge in [-0.15, -0.1) is 0 Å². The highest BCUT2D eigenvalue weighted by Crippen LogP contribution is 2.41. The van der Waals surface area contributed by atoms with Crippen LogP contribution < -0.4 is 0 Å². The molecule has 0 aliphatic heterocycles. The molecule has 0 bridgehead atoms. The highest BCUT2D eigenvalue weighted by molar-refractivity contribution is 6.31. The Morgan fingerprint density at radius 3 is 2.41 bits per heavy atom. The summed E-state index contributed by atoms with van der Waals surface area (Å²) in [5.74, 6) is 0. The van der Waals surface area contributed by atoms with Crippen LogP contribution >= 0.6 is 11.6 Å². The van der Waals surface area contributed by atoms with E-state index in [1.807, 2.05) is 0 Å². The number of hydrogen-bond donors (Lipinski definition) is 0. The van der Waals surface area contributed by atoms with Crippen LogP contribution in [0.5, 0.6) is 0 Å². The van der Waals surface area contributed by atoms with Gasteiger partial charge in [0.2, 0.25) is 0 Å². The van der Waals surface area contributed by atoms with Crippen molar-refractivity contribution in [1.82, 2.24) is 4.98 Å². The second kappa shape index (κ2) is 4.84. The molecule has 0 radical (unpaired) electrons. The topological polar surface area (TPSA) is 36.7 Å². The number of nitrogens with zero attached hydrogens (tertiary/aromatic N) is 2. The highest BCUT2D eigenvalue weighted by atomic mass is 35.5. The molecule has 0 N–H and O–H groups in total. The lowest BCUT2D eigenvalue weighted by molar-refractivity contribution is -0.139. The van der Waals surface area contributed by atoms with Crippen molar-refractivity contribution in [3.05, 3.63) is 28.0 Å². The van der Waals surface area contributed by atoms with Gasteiger partial charge >= 0.3 is 6.18 Å². The minimum atomic E-state index is -5.02. The summed E-state index contributed by atoms with van der Waals surface area (Å²) in [7, 11) is 0. The molecule has 17 heavy (non-hydrogen) atoms. The molecule has 1 heterocycles. The van der Waals surface area contributed by atoms with E-state index in [4.69, 9.17) is 16.9 Å². The Bertz CT molecular complexity index is 464. The first-order valence-corrected chi connectivity index (χ1v) is 4.56. The Kier molecular flexibility index (Phi) is 3.88. The maximum Gasteiger partial charge on any atom is 0.418 e. The van der Waals surface area contributed by atoms with E-state index in [9.17, 15) is 22.0 Å². The van der Waals surface area contributed by atoms with E-state index in [0.29, 0.717) is 6.20 Å². The first-order chi connectivity index (χ1) is 7.79. The third-order valence-electron chi connectivity index (χ3n) is 1.90. The molecule has 1 aromatic rings. The van der Waals surface area contributed by atoms with Gasteiger partial charge in [0.15, 0.2) is 0 Å². The molecule has 92 valence electrons. The van der Waals surface area contributed by atoms with Crippen molar-refractivity contribution in [1.29, 1.82) is 5.26 Å². The van der Waals surface area contributed by atoms with Crippen LogP contribution in [0.4, 0.5) is 22.0 Å².